The van der Waals surface area contributed by atoms with E-state index in [0.717, 1.165) is 19.3 Å². The first-order valence-corrected chi connectivity index (χ1v) is 11.9. The number of rotatable bonds is 5. The zero-order valence-electron chi connectivity index (χ0n) is 19.6. The van der Waals surface area contributed by atoms with Crippen LogP contribution in [0.4, 0.5) is 11.4 Å². The van der Waals surface area contributed by atoms with Crippen molar-refractivity contribution in [2.24, 2.45) is 5.92 Å². The highest BCUT2D eigenvalue weighted by atomic mass is 16.6. The van der Waals surface area contributed by atoms with Crippen molar-refractivity contribution in [3.8, 4) is 0 Å². The van der Waals surface area contributed by atoms with Gasteiger partial charge in [0.05, 0.1) is 23.5 Å². The van der Waals surface area contributed by atoms with E-state index >= 15 is 0 Å². The standard InChI is InChI=1S/C25H35N3O4/c1-16-7-5-6-8-19(16)26-14-22(29)27-15-23(30)28(18-10-11-18)20-12-9-17(13-21(20)27)24(31)32-25(2,3)4/h9,12-13,16,18-19,26H,5-8,10-11,14-15H2,1-4H3. The smallest absolute Gasteiger partial charge is 0.338 e. The maximum Gasteiger partial charge on any atom is 0.338 e. The van der Waals surface area contributed by atoms with E-state index in [1.54, 1.807) is 23.1 Å². The Morgan fingerprint density at radius 1 is 1.09 bits per heavy atom. The van der Waals surface area contributed by atoms with Gasteiger partial charge < -0.3 is 15.0 Å². The highest BCUT2D eigenvalue weighted by Gasteiger charge is 2.41. The molecule has 2 amide bonds. The van der Waals surface area contributed by atoms with Crippen LogP contribution in [-0.2, 0) is 14.3 Å². The van der Waals surface area contributed by atoms with E-state index < -0.39 is 11.6 Å². The average Bonchev–Trinajstić information content (AvgIpc) is 3.55. The van der Waals surface area contributed by atoms with Crippen LogP contribution in [0.5, 0.6) is 0 Å². The highest BCUT2D eigenvalue weighted by molar-refractivity contribution is 6.12. The van der Waals surface area contributed by atoms with Crippen LogP contribution >= 0.6 is 0 Å². The molecule has 0 bridgehead atoms. The van der Waals surface area contributed by atoms with Gasteiger partial charge in [-0.3, -0.25) is 14.5 Å². The third-order valence-corrected chi connectivity index (χ3v) is 6.56. The molecule has 7 heteroatoms. The Hall–Kier alpha value is -2.41. The fourth-order valence-corrected chi connectivity index (χ4v) is 4.73. The number of hydrogen-bond acceptors (Lipinski definition) is 5. The van der Waals surface area contributed by atoms with Crippen molar-refractivity contribution in [1.29, 1.82) is 0 Å². The maximum atomic E-state index is 13.2. The van der Waals surface area contributed by atoms with Gasteiger partial charge in [0.2, 0.25) is 11.8 Å². The van der Waals surface area contributed by atoms with Gasteiger partial charge in [0.25, 0.3) is 0 Å². The summed E-state index contributed by atoms with van der Waals surface area (Å²) in [4.78, 5) is 42.2. The molecule has 0 aromatic heterocycles. The Labute approximate surface area is 190 Å². The third-order valence-electron chi connectivity index (χ3n) is 6.56. The number of carbonyl (C=O) groups excluding carboxylic acids is 3. The minimum atomic E-state index is -0.612. The Bertz CT molecular complexity index is 903. The molecule has 174 valence electrons. The van der Waals surface area contributed by atoms with E-state index in [1.165, 1.54) is 24.2 Å². The number of carbonyl (C=O) groups is 3. The van der Waals surface area contributed by atoms with Gasteiger partial charge in [0.1, 0.15) is 12.1 Å². The number of esters is 1. The second-order valence-electron chi connectivity index (χ2n) is 10.4. The minimum absolute atomic E-state index is 0.00199. The fraction of sp³-hybridized carbons (Fsp3) is 0.640. The lowest BCUT2D eigenvalue weighted by Crippen LogP contribution is -2.52. The fourth-order valence-electron chi connectivity index (χ4n) is 4.73. The zero-order chi connectivity index (χ0) is 23.0. The molecule has 7 nitrogen and oxygen atoms in total. The molecule has 2 atom stereocenters. The molecule has 1 N–H and O–H groups in total. The lowest BCUT2D eigenvalue weighted by Gasteiger charge is -2.37. The van der Waals surface area contributed by atoms with E-state index in [9.17, 15) is 14.4 Å². The second kappa shape index (κ2) is 8.85. The van der Waals surface area contributed by atoms with E-state index in [-0.39, 0.29) is 30.9 Å². The maximum absolute atomic E-state index is 13.2. The Kier molecular flexibility index (Phi) is 6.30. The summed E-state index contributed by atoms with van der Waals surface area (Å²) in [5.74, 6) is -0.105. The van der Waals surface area contributed by atoms with E-state index in [1.807, 2.05) is 20.8 Å². The quantitative estimate of drug-likeness (QED) is 0.706. The molecule has 1 heterocycles. The minimum Gasteiger partial charge on any atom is -0.456 e. The lowest BCUT2D eigenvalue weighted by atomic mass is 9.86. The van der Waals surface area contributed by atoms with Crippen LogP contribution in [0.1, 0.15) is 76.6 Å². The Morgan fingerprint density at radius 2 is 1.81 bits per heavy atom. The van der Waals surface area contributed by atoms with Gasteiger partial charge in [-0.05, 0) is 70.6 Å². The summed E-state index contributed by atoms with van der Waals surface area (Å²) in [6.45, 7) is 7.88. The molecular formula is C25H35N3O4. The number of fused-ring (bicyclic) bond motifs is 1. The molecule has 0 spiro atoms. The van der Waals surface area contributed by atoms with Crippen molar-refractivity contribution in [3.05, 3.63) is 23.8 Å². The number of nitrogens with one attached hydrogen (secondary N) is 1. The zero-order valence-corrected chi connectivity index (χ0v) is 19.6. The van der Waals surface area contributed by atoms with Gasteiger partial charge in [-0.1, -0.05) is 19.8 Å². The van der Waals surface area contributed by atoms with Gasteiger partial charge in [-0.2, -0.15) is 0 Å². The monoisotopic (exact) mass is 441 g/mol. The first-order valence-electron chi connectivity index (χ1n) is 11.9. The first kappa shape index (κ1) is 22.8. The summed E-state index contributed by atoms with van der Waals surface area (Å²) in [6, 6.07) is 5.68. The van der Waals surface area contributed by atoms with Crippen molar-refractivity contribution >= 4 is 29.2 Å². The molecule has 4 rings (SSSR count). The van der Waals surface area contributed by atoms with Crippen molar-refractivity contribution in [2.45, 2.75) is 83.9 Å². The highest BCUT2D eigenvalue weighted by Crippen LogP contribution is 2.41. The normalized spacial score (nSPS) is 23.7. The molecule has 2 aliphatic carbocycles. The molecule has 32 heavy (non-hydrogen) atoms. The molecule has 1 aromatic rings. The SMILES string of the molecule is CC1CCCCC1NCC(=O)N1CC(=O)N(C2CC2)c2ccc(C(=O)OC(C)(C)C)cc21. The second-order valence-corrected chi connectivity index (χ2v) is 10.4. The van der Waals surface area contributed by atoms with Gasteiger partial charge in [0.15, 0.2) is 0 Å². The van der Waals surface area contributed by atoms with Crippen molar-refractivity contribution < 1.29 is 19.1 Å². The van der Waals surface area contributed by atoms with Crippen LogP contribution in [0.2, 0.25) is 0 Å². The Morgan fingerprint density at radius 3 is 2.47 bits per heavy atom. The lowest BCUT2D eigenvalue weighted by molar-refractivity contribution is -0.122. The molecule has 2 saturated carbocycles. The number of ether oxygens (including phenoxy) is 1. The summed E-state index contributed by atoms with van der Waals surface area (Å²) in [7, 11) is 0. The number of hydrogen-bond donors (Lipinski definition) is 1. The molecule has 0 saturated heterocycles. The molecule has 1 aliphatic heterocycles. The molecular weight excluding hydrogens is 406 g/mol. The van der Waals surface area contributed by atoms with Gasteiger partial charge in [-0.25, -0.2) is 4.79 Å². The molecule has 0 radical (unpaired) electrons. The number of benzene rings is 1. The van der Waals surface area contributed by atoms with Crippen LogP contribution in [0, 0.1) is 5.92 Å². The van der Waals surface area contributed by atoms with Gasteiger partial charge in [0, 0.05) is 12.1 Å². The molecule has 2 fully saturated rings. The summed E-state index contributed by atoms with van der Waals surface area (Å²) in [6.07, 6.45) is 6.60. The van der Waals surface area contributed by atoms with Crippen molar-refractivity contribution in [3.63, 3.8) is 0 Å². The van der Waals surface area contributed by atoms with Gasteiger partial charge >= 0.3 is 5.97 Å². The number of nitrogens with zero attached hydrogens (tertiary/aromatic N) is 2. The average molecular weight is 442 g/mol. The van der Waals surface area contributed by atoms with Crippen LogP contribution in [0.15, 0.2) is 18.2 Å². The van der Waals surface area contributed by atoms with Crippen molar-refractivity contribution in [1.82, 2.24) is 5.32 Å². The van der Waals surface area contributed by atoms with Crippen LogP contribution in [0.25, 0.3) is 0 Å². The van der Waals surface area contributed by atoms with E-state index in [4.69, 9.17) is 4.74 Å². The molecule has 3 aliphatic rings. The predicted octanol–water partition coefficient (Wildman–Crippen LogP) is 3.65. The first-order chi connectivity index (χ1) is 15.1. The van der Waals surface area contributed by atoms with Crippen LogP contribution < -0.4 is 15.1 Å². The third kappa shape index (κ3) is 4.98. The molecule has 1 aromatic carbocycles. The Balaban J connectivity index is 1.58. The van der Waals surface area contributed by atoms with Crippen LogP contribution in [-0.4, -0.2) is 48.6 Å². The molecule has 2 unspecified atom stereocenters. The van der Waals surface area contributed by atoms with E-state index in [0.29, 0.717) is 28.9 Å². The van der Waals surface area contributed by atoms with Crippen LogP contribution in [0.3, 0.4) is 0 Å². The summed E-state index contributed by atoms with van der Waals surface area (Å²) in [5.41, 5.74) is 1.09. The van der Waals surface area contributed by atoms with Crippen molar-refractivity contribution in [2.75, 3.05) is 22.9 Å². The summed E-state index contributed by atoms with van der Waals surface area (Å²) in [5, 5.41) is 3.42. The largest absolute Gasteiger partial charge is 0.456 e. The predicted molar refractivity (Wildman–Crippen MR) is 124 cm³/mol. The number of amides is 2. The summed E-state index contributed by atoms with van der Waals surface area (Å²) >= 11 is 0. The van der Waals surface area contributed by atoms with Gasteiger partial charge in [-0.15, -0.1) is 0 Å². The van der Waals surface area contributed by atoms with E-state index in [2.05, 4.69) is 12.2 Å². The number of anilines is 2. The summed E-state index contributed by atoms with van der Waals surface area (Å²) < 4.78 is 5.52. The topological polar surface area (TPSA) is 79.0 Å².